The van der Waals surface area contributed by atoms with Crippen LogP contribution in [0.25, 0.3) is 0 Å². The average Bonchev–Trinajstić information content (AvgIpc) is 2.27. The zero-order valence-electron chi connectivity index (χ0n) is 10.5. The summed E-state index contributed by atoms with van der Waals surface area (Å²) in [7, 11) is 0. The highest BCUT2D eigenvalue weighted by Gasteiger charge is 2.03. The molecule has 0 amide bonds. The fourth-order valence-electron chi connectivity index (χ4n) is 1.88. The van der Waals surface area contributed by atoms with Crippen molar-refractivity contribution in [3.05, 3.63) is 58.1 Å². The zero-order valence-corrected chi connectivity index (χ0v) is 11.3. The number of benzene rings is 2. The monoisotopic (exact) mass is 261 g/mol. The highest BCUT2D eigenvalue weighted by molar-refractivity contribution is 6.31. The summed E-state index contributed by atoms with van der Waals surface area (Å²) in [6.07, 6.45) is 0. The molecular weight excluding hydrogens is 246 g/mol. The number of rotatable bonds is 3. The number of halogens is 1. The molecule has 0 spiro atoms. The number of hydrogen-bond donors (Lipinski definition) is 1. The van der Waals surface area contributed by atoms with Gasteiger partial charge in [-0.3, -0.25) is 0 Å². The fraction of sp³-hybridized carbons (Fsp3) is 0.200. The summed E-state index contributed by atoms with van der Waals surface area (Å²) in [5, 5.41) is 0.638. The van der Waals surface area contributed by atoms with Crippen LogP contribution in [0.2, 0.25) is 5.02 Å². The second-order valence-electron chi connectivity index (χ2n) is 4.38. The number of aryl methyl sites for hydroxylation is 2. The molecule has 0 heterocycles. The van der Waals surface area contributed by atoms with Gasteiger partial charge in [-0.15, -0.1) is 0 Å². The number of hydrogen-bond acceptors (Lipinski definition) is 2. The van der Waals surface area contributed by atoms with Crippen molar-refractivity contribution in [1.82, 2.24) is 0 Å². The van der Waals surface area contributed by atoms with E-state index in [1.54, 1.807) is 6.07 Å². The highest BCUT2D eigenvalue weighted by Crippen LogP contribution is 2.27. The van der Waals surface area contributed by atoms with Gasteiger partial charge in [-0.05, 0) is 54.8 Å². The van der Waals surface area contributed by atoms with E-state index in [9.17, 15) is 0 Å². The van der Waals surface area contributed by atoms with Gasteiger partial charge < -0.3 is 10.5 Å². The molecule has 2 aromatic rings. The molecule has 2 nitrogen and oxygen atoms in total. The lowest BCUT2D eigenvalue weighted by Crippen LogP contribution is -1.97. The van der Waals surface area contributed by atoms with Gasteiger partial charge in [0, 0.05) is 11.6 Å². The lowest BCUT2D eigenvalue weighted by atomic mass is 10.1. The molecule has 18 heavy (non-hydrogen) atoms. The van der Waals surface area contributed by atoms with Crippen LogP contribution >= 0.6 is 11.6 Å². The van der Waals surface area contributed by atoms with Crippen LogP contribution in [0, 0.1) is 13.8 Å². The van der Waals surface area contributed by atoms with Crippen molar-refractivity contribution in [3.63, 3.8) is 0 Å². The van der Waals surface area contributed by atoms with Crippen LogP contribution < -0.4 is 10.5 Å². The van der Waals surface area contributed by atoms with Crippen LogP contribution in [0.1, 0.15) is 16.7 Å². The molecule has 0 aliphatic carbocycles. The molecule has 0 aliphatic heterocycles. The summed E-state index contributed by atoms with van der Waals surface area (Å²) in [4.78, 5) is 0. The molecule has 2 aromatic carbocycles. The Labute approximate surface area is 112 Å². The smallest absolute Gasteiger partial charge is 0.128 e. The van der Waals surface area contributed by atoms with Gasteiger partial charge in [0.05, 0.1) is 0 Å². The molecule has 0 radical (unpaired) electrons. The topological polar surface area (TPSA) is 35.2 Å². The summed E-state index contributed by atoms with van der Waals surface area (Å²) in [5.41, 5.74) is 8.84. The first-order valence-electron chi connectivity index (χ1n) is 5.83. The van der Waals surface area contributed by atoms with Crippen LogP contribution in [0.5, 0.6) is 11.5 Å². The first-order chi connectivity index (χ1) is 8.58. The van der Waals surface area contributed by atoms with Gasteiger partial charge in [-0.1, -0.05) is 23.7 Å². The summed E-state index contributed by atoms with van der Waals surface area (Å²) in [6, 6.07) is 11.7. The van der Waals surface area contributed by atoms with Gasteiger partial charge in [0.1, 0.15) is 11.5 Å². The van der Waals surface area contributed by atoms with Gasteiger partial charge >= 0.3 is 0 Å². The lowest BCUT2D eigenvalue weighted by Gasteiger charge is -2.09. The minimum Gasteiger partial charge on any atom is -0.457 e. The van der Waals surface area contributed by atoms with E-state index in [1.807, 2.05) is 38.1 Å². The normalized spacial score (nSPS) is 10.4. The first-order valence-corrected chi connectivity index (χ1v) is 6.21. The summed E-state index contributed by atoms with van der Waals surface area (Å²) < 4.78 is 5.80. The SMILES string of the molecule is Cc1cc(C)cc(Oc2ccc(CN)c(Cl)c2)c1. The quantitative estimate of drug-likeness (QED) is 0.898. The van der Waals surface area contributed by atoms with E-state index in [0.717, 1.165) is 17.1 Å². The molecule has 0 bridgehead atoms. The molecule has 0 atom stereocenters. The van der Waals surface area contributed by atoms with Crippen LogP contribution in [0.3, 0.4) is 0 Å². The van der Waals surface area contributed by atoms with Gasteiger partial charge in [-0.25, -0.2) is 0 Å². The van der Waals surface area contributed by atoms with E-state index in [0.29, 0.717) is 11.6 Å². The Hall–Kier alpha value is -1.51. The molecule has 3 heteroatoms. The maximum absolute atomic E-state index is 6.10. The third kappa shape index (κ3) is 3.03. The Kier molecular flexibility index (Phi) is 3.90. The molecule has 0 saturated carbocycles. The Balaban J connectivity index is 2.25. The number of nitrogens with two attached hydrogens (primary N) is 1. The van der Waals surface area contributed by atoms with Gasteiger partial charge in [0.2, 0.25) is 0 Å². The van der Waals surface area contributed by atoms with Gasteiger partial charge in [0.15, 0.2) is 0 Å². The Morgan fingerprint density at radius 1 is 1.00 bits per heavy atom. The maximum Gasteiger partial charge on any atom is 0.128 e. The first kappa shape index (κ1) is 12.9. The maximum atomic E-state index is 6.10. The highest BCUT2D eigenvalue weighted by atomic mass is 35.5. The summed E-state index contributed by atoms with van der Waals surface area (Å²) >= 11 is 6.10. The molecule has 2 rings (SSSR count). The van der Waals surface area contributed by atoms with Crippen molar-refractivity contribution >= 4 is 11.6 Å². The largest absolute Gasteiger partial charge is 0.457 e. The van der Waals surface area contributed by atoms with E-state index < -0.39 is 0 Å². The predicted molar refractivity (Wildman–Crippen MR) is 75.3 cm³/mol. The molecule has 94 valence electrons. The minimum absolute atomic E-state index is 0.433. The van der Waals surface area contributed by atoms with Crippen LogP contribution in [0.15, 0.2) is 36.4 Å². The van der Waals surface area contributed by atoms with Crippen LogP contribution in [0.4, 0.5) is 0 Å². The standard InChI is InChI=1S/C15H16ClNO/c1-10-5-11(2)7-14(6-10)18-13-4-3-12(9-17)15(16)8-13/h3-8H,9,17H2,1-2H3. The van der Waals surface area contributed by atoms with Crippen molar-refractivity contribution in [2.24, 2.45) is 5.73 Å². The van der Waals surface area contributed by atoms with Crippen LogP contribution in [-0.2, 0) is 6.54 Å². The summed E-state index contributed by atoms with van der Waals surface area (Å²) in [5.74, 6) is 1.55. The molecule has 2 N–H and O–H groups in total. The third-order valence-corrected chi connectivity index (χ3v) is 3.03. The molecule has 0 aliphatic rings. The molecular formula is C15H16ClNO. The van der Waals surface area contributed by atoms with E-state index in [1.165, 1.54) is 11.1 Å². The molecule has 0 unspecified atom stereocenters. The third-order valence-electron chi connectivity index (χ3n) is 2.68. The van der Waals surface area contributed by atoms with Crippen molar-refractivity contribution in [2.45, 2.75) is 20.4 Å². The van der Waals surface area contributed by atoms with E-state index in [-0.39, 0.29) is 0 Å². The van der Waals surface area contributed by atoms with E-state index in [4.69, 9.17) is 22.1 Å². The van der Waals surface area contributed by atoms with Crippen molar-refractivity contribution in [2.75, 3.05) is 0 Å². The molecule has 0 aromatic heterocycles. The van der Waals surface area contributed by atoms with Gasteiger partial charge in [-0.2, -0.15) is 0 Å². The van der Waals surface area contributed by atoms with Crippen molar-refractivity contribution in [1.29, 1.82) is 0 Å². The van der Waals surface area contributed by atoms with Crippen molar-refractivity contribution < 1.29 is 4.74 Å². The second kappa shape index (κ2) is 5.42. The minimum atomic E-state index is 0.433. The molecule has 0 saturated heterocycles. The van der Waals surface area contributed by atoms with Crippen LogP contribution in [-0.4, -0.2) is 0 Å². The average molecular weight is 262 g/mol. The second-order valence-corrected chi connectivity index (χ2v) is 4.79. The Morgan fingerprint density at radius 3 is 2.22 bits per heavy atom. The summed E-state index contributed by atoms with van der Waals surface area (Å²) in [6.45, 7) is 4.53. The lowest BCUT2D eigenvalue weighted by molar-refractivity contribution is 0.481. The van der Waals surface area contributed by atoms with Crippen molar-refractivity contribution in [3.8, 4) is 11.5 Å². The Morgan fingerprint density at radius 2 is 1.67 bits per heavy atom. The number of ether oxygens (including phenoxy) is 1. The van der Waals surface area contributed by atoms with E-state index in [2.05, 4.69) is 6.07 Å². The van der Waals surface area contributed by atoms with E-state index >= 15 is 0 Å². The Bertz CT molecular complexity index is 546. The molecule has 0 fully saturated rings. The zero-order chi connectivity index (χ0) is 13.1. The predicted octanol–water partition coefficient (Wildman–Crippen LogP) is 4.21. The van der Waals surface area contributed by atoms with Gasteiger partial charge in [0.25, 0.3) is 0 Å². The fourth-order valence-corrected chi connectivity index (χ4v) is 2.13.